The molecular formula is C13H17FN2O2. The number of nitrogens with zero attached hydrogens (tertiary/aromatic N) is 1. The standard InChI is InChI=1S/C13H17FN2O2/c1-8-5-12(13(16(17)18)6-11(8)14)15-7-9(2)10-3-4-10/h5-6,9-10,15H,3-4,7H2,1-2H3. The van der Waals surface area contributed by atoms with E-state index >= 15 is 0 Å². The molecular weight excluding hydrogens is 235 g/mol. The molecule has 1 aromatic carbocycles. The van der Waals surface area contributed by atoms with Gasteiger partial charge in [0.15, 0.2) is 0 Å². The Morgan fingerprint density at radius 1 is 1.56 bits per heavy atom. The topological polar surface area (TPSA) is 55.2 Å². The van der Waals surface area contributed by atoms with Crippen molar-refractivity contribution in [2.24, 2.45) is 11.8 Å². The predicted molar refractivity (Wildman–Crippen MR) is 68.2 cm³/mol. The fourth-order valence-electron chi connectivity index (χ4n) is 2.07. The summed E-state index contributed by atoms with van der Waals surface area (Å²) < 4.78 is 13.3. The maximum absolute atomic E-state index is 13.3. The molecule has 1 saturated carbocycles. The number of anilines is 1. The Kier molecular flexibility index (Phi) is 3.50. The molecule has 0 bridgehead atoms. The number of hydrogen-bond acceptors (Lipinski definition) is 3. The molecule has 0 heterocycles. The van der Waals surface area contributed by atoms with E-state index in [4.69, 9.17) is 0 Å². The molecule has 0 radical (unpaired) electrons. The van der Waals surface area contributed by atoms with Crippen LogP contribution in [0.1, 0.15) is 25.3 Å². The number of benzene rings is 1. The average molecular weight is 252 g/mol. The van der Waals surface area contributed by atoms with Crippen LogP contribution in [0.3, 0.4) is 0 Å². The van der Waals surface area contributed by atoms with Crippen molar-refractivity contribution < 1.29 is 9.31 Å². The first kappa shape index (κ1) is 12.8. The van der Waals surface area contributed by atoms with E-state index in [0.29, 0.717) is 23.7 Å². The summed E-state index contributed by atoms with van der Waals surface area (Å²) in [5.41, 5.74) is 0.634. The average Bonchev–Trinajstić information content (AvgIpc) is 3.13. The lowest BCUT2D eigenvalue weighted by molar-refractivity contribution is -0.384. The van der Waals surface area contributed by atoms with Crippen LogP contribution < -0.4 is 5.32 Å². The number of nitro groups is 1. The van der Waals surface area contributed by atoms with Crippen molar-refractivity contribution in [1.29, 1.82) is 0 Å². The van der Waals surface area contributed by atoms with Crippen molar-refractivity contribution in [3.05, 3.63) is 33.6 Å². The number of halogens is 1. The SMILES string of the molecule is Cc1cc(NCC(C)C2CC2)c([N+](=O)[O-])cc1F. The molecule has 0 amide bonds. The Balaban J connectivity index is 2.14. The summed E-state index contributed by atoms with van der Waals surface area (Å²) >= 11 is 0. The van der Waals surface area contributed by atoms with Crippen LogP contribution in [0, 0.1) is 34.7 Å². The number of nitrogens with one attached hydrogen (secondary N) is 1. The van der Waals surface area contributed by atoms with Crippen molar-refractivity contribution in [1.82, 2.24) is 0 Å². The van der Waals surface area contributed by atoms with Crippen LogP contribution in [0.4, 0.5) is 15.8 Å². The fraction of sp³-hybridized carbons (Fsp3) is 0.538. The van der Waals surface area contributed by atoms with E-state index in [1.807, 2.05) is 0 Å². The summed E-state index contributed by atoms with van der Waals surface area (Å²) in [4.78, 5) is 10.3. The molecule has 1 aliphatic rings. The summed E-state index contributed by atoms with van der Waals surface area (Å²) in [5.74, 6) is 0.690. The zero-order valence-corrected chi connectivity index (χ0v) is 10.6. The zero-order chi connectivity index (χ0) is 13.3. The van der Waals surface area contributed by atoms with Crippen LogP contribution >= 0.6 is 0 Å². The molecule has 4 nitrogen and oxygen atoms in total. The van der Waals surface area contributed by atoms with Gasteiger partial charge >= 0.3 is 0 Å². The minimum Gasteiger partial charge on any atom is -0.379 e. The van der Waals surface area contributed by atoms with Crippen LogP contribution in [0.2, 0.25) is 0 Å². The lowest BCUT2D eigenvalue weighted by Gasteiger charge is -2.13. The minimum atomic E-state index is -0.549. The van der Waals surface area contributed by atoms with Crippen LogP contribution in [-0.2, 0) is 0 Å². The Morgan fingerprint density at radius 3 is 2.78 bits per heavy atom. The van der Waals surface area contributed by atoms with Gasteiger partial charge in [-0.1, -0.05) is 6.92 Å². The maximum atomic E-state index is 13.3. The first-order chi connectivity index (χ1) is 8.49. The Hall–Kier alpha value is -1.65. The van der Waals surface area contributed by atoms with Gasteiger partial charge in [0.25, 0.3) is 5.69 Å². The Morgan fingerprint density at radius 2 is 2.22 bits per heavy atom. The third kappa shape index (κ3) is 2.78. The lowest BCUT2D eigenvalue weighted by Crippen LogP contribution is -2.14. The number of nitro benzene ring substituents is 1. The van der Waals surface area contributed by atoms with E-state index in [2.05, 4.69) is 12.2 Å². The molecule has 5 heteroatoms. The summed E-state index contributed by atoms with van der Waals surface area (Å²) in [6.07, 6.45) is 2.49. The van der Waals surface area contributed by atoms with Crippen LogP contribution in [-0.4, -0.2) is 11.5 Å². The summed E-state index contributed by atoms with van der Waals surface area (Å²) in [6.45, 7) is 4.43. The normalized spacial score (nSPS) is 16.4. The highest BCUT2D eigenvalue weighted by atomic mass is 19.1. The van der Waals surface area contributed by atoms with Crippen molar-refractivity contribution in [3.63, 3.8) is 0 Å². The van der Waals surface area contributed by atoms with Gasteiger partial charge in [0.1, 0.15) is 11.5 Å². The largest absolute Gasteiger partial charge is 0.379 e. The van der Waals surface area contributed by atoms with Crippen molar-refractivity contribution in [2.75, 3.05) is 11.9 Å². The number of hydrogen-bond donors (Lipinski definition) is 1. The molecule has 1 atom stereocenters. The van der Waals surface area contributed by atoms with Crippen molar-refractivity contribution in [2.45, 2.75) is 26.7 Å². The van der Waals surface area contributed by atoms with E-state index in [-0.39, 0.29) is 5.69 Å². The Labute approximate surface area is 105 Å². The lowest BCUT2D eigenvalue weighted by atomic mass is 10.1. The molecule has 1 aromatic rings. The van der Waals surface area contributed by atoms with E-state index in [9.17, 15) is 14.5 Å². The van der Waals surface area contributed by atoms with E-state index < -0.39 is 10.7 Å². The third-order valence-corrected chi connectivity index (χ3v) is 3.51. The molecule has 0 saturated heterocycles. The highest BCUT2D eigenvalue weighted by Gasteiger charge is 2.28. The highest BCUT2D eigenvalue weighted by molar-refractivity contribution is 5.63. The molecule has 1 aliphatic carbocycles. The zero-order valence-electron chi connectivity index (χ0n) is 10.6. The van der Waals surface area contributed by atoms with Gasteiger partial charge in [0, 0.05) is 6.54 Å². The molecule has 0 aromatic heterocycles. The van der Waals surface area contributed by atoms with E-state index in [1.165, 1.54) is 18.9 Å². The van der Waals surface area contributed by atoms with Gasteiger partial charge in [0.05, 0.1) is 11.0 Å². The van der Waals surface area contributed by atoms with Gasteiger partial charge in [-0.25, -0.2) is 4.39 Å². The molecule has 1 unspecified atom stereocenters. The molecule has 18 heavy (non-hydrogen) atoms. The van der Waals surface area contributed by atoms with Crippen molar-refractivity contribution >= 4 is 11.4 Å². The van der Waals surface area contributed by atoms with Crippen molar-refractivity contribution in [3.8, 4) is 0 Å². The molecule has 1 fully saturated rings. The molecule has 0 aliphatic heterocycles. The monoisotopic (exact) mass is 252 g/mol. The second-order valence-corrected chi connectivity index (χ2v) is 5.07. The second-order valence-electron chi connectivity index (χ2n) is 5.07. The smallest absolute Gasteiger partial charge is 0.295 e. The van der Waals surface area contributed by atoms with Crippen LogP contribution in [0.5, 0.6) is 0 Å². The number of aryl methyl sites for hydroxylation is 1. The van der Waals surface area contributed by atoms with Gasteiger partial charge in [0.2, 0.25) is 0 Å². The molecule has 98 valence electrons. The molecule has 0 spiro atoms. The highest BCUT2D eigenvalue weighted by Crippen LogP contribution is 2.37. The quantitative estimate of drug-likeness (QED) is 0.644. The molecule has 2 rings (SSSR count). The first-order valence-corrected chi connectivity index (χ1v) is 6.17. The number of rotatable bonds is 5. The predicted octanol–water partition coefficient (Wildman–Crippen LogP) is 3.50. The van der Waals surface area contributed by atoms with Gasteiger partial charge in [-0.3, -0.25) is 10.1 Å². The maximum Gasteiger partial charge on any atom is 0.295 e. The van der Waals surface area contributed by atoms with Gasteiger partial charge in [-0.05, 0) is 43.2 Å². The summed E-state index contributed by atoms with van der Waals surface area (Å²) in [6, 6.07) is 2.49. The van der Waals surface area contributed by atoms with Gasteiger partial charge < -0.3 is 5.32 Å². The second kappa shape index (κ2) is 4.92. The van der Waals surface area contributed by atoms with E-state index in [0.717, 1.165) is 12.0 Å². The fourth-order valence-corrected chi connectivity index (χ4v) is 2.07. The minimum absolute atomic E-state index is 0.193. The first-order valence-electron chi connectivity index (χ1n) is 6.17. The van der Waals surface area contributed by atoms with Crippen LogP contribution in [0.15, 0.2) is 12.1 Å². The van der Waals surface area contributed by atoms with E-state index in [1.54, 1.807) is 6.92 Å². The Bertz CT molecular complexity index is 472. The van der Waals surface area contributed by atoms with Crippen LogP contribution in [0.25, 0.3) is 0 Å². The summed E-state index contributed by atoms with van der Waals surface area (Å²) in [5, 5.41) is 14.0. The van der Waals surface area contributed by atoms with Gasteiger partial charge in [-0.15, -0.1) is 0 Å². The third-order valence-electron chi connectivity index (χ3n) is 3.51. The van der Waals surface area contributed by atoms with Gasteiger partial charge in [-0.2, -0.15) is 0 Å². The molecule has 1 N–H and O–H groups in total. The summed E-state index contributed by atoms with van der Waals surface area (Å²) in [7, 11) is 0.